The number of hydrogen-bond acceptors (Lipinski definition) is 2. The highest BCUT2D eigenvalue weighted by Crippen LogP contribution is 2.31. The summed E-state index contributed by atoms with van der Waals surface area (Å²) in [7, 11) is 0. The number of rotatable bonds is 4. The van der Waals surface area contributed by atoms with Crippen molar-refractivity contribution in [2.24, 2.45) is 0 Å². The summed E-state index contributed by atoms with van der Waals surface area (Å²) >= 11 is 6.08. The van der Waals surface area contributed by atoms with E-state index in [0.29, 0.717) is 11.6 Å². The number of likely N-dealkylation sites (tertiary alicyclic amines) is 1. The van der Waals surface area contributed by atoms with Crippen molar-refractivity contribution in [3.05, 3.63) is 64.3 Å². The quantitative estimate of drug-likeness (QED) is 0.553. The van der Waals surface area contributed by atoms with Gasteiger partial charge in [0, 0.05) is 27.4 Å². The average Bonchev–Trinajstić information content (AvgIpc) is 2.94. The predicted molar refractivity (Wildman–Crippen MR) is 112 cm³/mol. The number of benzene rings is 2. The highest BCUT2D eigenvalue weighted by molar-refractivity contribution is 6.30. The first-order valence-electron chi connectivity index (χ1n) is 9.68. The average molecular weight is 381 g/mol. The zero-order valence-corrected chi connectivity index (χ0v) is 16.7. The third-order valence-electron chi connectivity index (χ3n) is 5.54. The van der Waals surface area contributed by atoms with Crippen molar-refractivity contribution in [1.29, 1.82) is 0 Å². The first kappa shape index (κ1) is 18.3. The van der Waals surface area contributed by atoms with Gasteiger partial charge in [0.25, 0.3) is 0 Å². The van der Waals surface area contributed by atoms with E-state index in [1.165, 1.54) is 24.8 Å². The largest absolute Gasteiger partial charge is 0.313 e. The molecule has 0 spiro atoms. The normalized spacial score (nSPS) is 15.4. The fraction of sp³-hybridized carbons (Fsp3) is 0.348. The van der Waals surface area contributed by atoms with Gasteiger partial charge in [-0.05, 0) is 75.7 Å². The Morgan fingerprint density at radius 2 is 1.70 bits per heavy atom. The van der Waals surface area contributed by atoms with E-state index in [2.05, 4.69) is 34.6 Å². The van der Waals surface area contributed by atoms with E-state index in [-0.39, 0.29) is 5.78 Å². The second-order valence-corrected chi connectivity index (χ2v) is 7.99. The molecule has 4 rings (SSSR count). The number of ketones is 1. The van der Waals surface area contributed by atoms with Crippen LogP contribution in [0.25, 0.3) is 16.6 Å². The zero-order valence-electron chi connectivity index (χ0n) is 16.0. The summed E-state index contributed by atoms with van der Waals surface area (Å²) in [4.78, 5) is 15.6. The van der Waals surface area contributed by atoms with Crippen LogP contribution in [-0.2, 0) is 0 Å². The Balaban J connectivity index is 1.82. The third kappa shape index (κ3) is 3.54. The topological polar surface area (TPSA) is 25.2 Å². The minimum atomic E-state index is 0.218. The molecule has 3 nitrogen and oxygen atoms in total. The van der Waals surface area contributed by atoms with Crippen LogP contribution in [0.15, 0.2) is 42.5 Å². The molecule has 1 saturated heterocycles. The fourth-order valence-corrected chi connectivity index (χ4v) is 4.33. The summed E-state index contributed by atoms with van der Waals surface area (Å²) in [5.41, 5.74) is 5.15. The fourth-order valence-electron chi connectivity index (χ4n) is 4.20. The molecule has 0 N–H and O–H groups in total. The Morgan fingerprint density at radius 1 is 1.00 bits per heavy atom. The maximum atomic E-state index is 13.3. The van der Waals surface area contributed by atoms with Crippen molar-refractivity contribution in [2.45, 2.75) is 33.1 Å². The Labute approximate surface area is 165 Å². The van der Waals surface area contributed by atoms with E-state index in [9.17, 15) is 4.79 Å². The maximum absolute atomic E-state index is 13.3. The van der Waals surface area contributed by atoms with Gasteiger partial charge >= 0.3 is 0 Å². The molecule has 3 aromatic rings. The molecule has 0 saturated carbocycles. The molecule has 1 aliphatic heterocycles. The molecule has 2 aromatic carbocycles. The lowest BCUT2D eigenvalue weighted by Crippen LogP contribution is -2.34. The number of aromatic nitrogens is 1. The standard InChI is InChI=1S/C23H25ClN2O/c1-16-6-11-20-21(14-16)26(19-9-7-18(24)8-10-19)17(2)23(20)22(27)15-25-12-4-3-5-13-25/h6-11,14H,3-5,12-13,15H2,1-2H3. The van der Waals surface area contributed by atoms with Crippen LogP contribution in [0.4, 0.5) is 0 Å². The van der Waals surface area contributed by atoms with Crippen molar-refractivity contribution in [3.8, 4) is 5.69 Å². The summed E-state index contributed by atoms with van der Waals surface area (Å²) in [5, 5.41) is 1.75. The number of piperidine rings is 1. The number of halogens is 1. The van der Waals surface area contributed by atoms with Gasteiger partial charge in [-0.3, -0.25) is 9.69 Å². The second kappa shape index (κ2) is 7.49. The van der Waals surface area contributed by atoms with Crippen LogP contribution >= 0.6 is 11.6 Å². The molecule has 0 amide bonds. The first-order valence-corrected chi connectivity index (χ1v) is 10.1. The molecule has 1 fully saturated rings. The van der Waals surface area contributed by atoms with E-state index in [0.717, 1.165) is 40.9 Å². The molecule has 2 heterocycles. The van der Waals surface area contributed by atoms with Gasteiger partial charge in [-0.1, -0.05) is 30.2 Å². The summed E-state index contributed by atoms with van der Waals surface area (Å²) < 4.78 is 2.18. The minimum Gasteiger partial charge on any atom is -0.313 e. The molecular formula is C23H25ClN2O. The summed E-state index contributed by atoms with van der Waals surface area (Å²) in [6, 6.07) is 14.2. The highest BCUT2D eigenvalue weighted by Gasteiger charge is 2.23. The van der Waals surface area contributed by atoms with Gasteiger partial charge in [-0.2, -0.15) is 0 Å². The van der Waals surface area contributed by atoms with Gasteiger partial charge in [0.15, 0.2) is 5.78 Å². The number of hydrogen-bond donors (Lipinski definition) is 0. The van der Waals surface area contributed by atoms with Gasteiger partial charge in [-0.15, -0.1) is 0 Å². The van der Waals surface area contributed by atoms with Crippen molar-refractivity contribution < 1.29 is 4.79 Å². The van der Waals surface area contributed by atoms with Crippen LogP contribution < -0.4 is 0 Å². The monoisotopic (exact) mass is 380 g/mol. The Morgan fingerprint density at radius 3 is 2.41 bits per heavy atom. The lowest BCUT2D eigenvalue weighted by Gasteiger charge is -2.25. The van der Waals surface area contributed by atoms with Crippen LogP contribution in [0.1, 0.15) is 40.9 Å². The van der Waals surface area contributed by atoms with Crippen LogP contribution in [0.3, 0.4) is 0 Å². The van der Waals surface area contributed by atoms with Crippen LogP contribution in [0.5, 0.6) is 0 Å². The van der Waals surface area contributed by atoms with Crippen LogP contribution in [0, 0.1) is 13.8 Å². The zero-order chi connectivity index (χ0) is 19.0. The van der Waals surface area contributed by atoms with Crippen molar-refractivity contribution >= 4 is 28.3 Å². The SMILES string of the molecule is Cc1ccc2c(C(=O)CN3CCCCC3)c(C)n(-c3ccc(Cl)cc3)c2c1. The van der Waals surface area contributed by atoms with Crippen molar-refractivity contribution in [1.82, 2.24) is 9.47 Å². The minimum absolute atomic E-state index is 0.218. The number of fused-ring (bicyclic) bond motifs is 1. The van der Waals surface area contributed by atoms with E-state index < -0.39 is 0 Å². The summed E-state index contributed by atoms with van der Waals surface area (Å²) in [6.45, 7) is 6.70. The molecule has 0 bridgehead atoms. The van der Waals surface area contributed by atoms with Gasteiger partial charge in [0.05, 0.1) is 12.1 Å². The molecule has 1 aromatic heterocycles. The van der Waals surface area contributed by atoms with Gasteiger partial charge in [0.1, 0.15) is 0 Å². The van der Waals surface area contributed by atoms with E-state index in [1.807, 2.05) is 31.2 Å². The van der Waals surface area contributed by atoms with E-state index >= 15 is 0 Å². The van der Waals surface area contributed by atoms with Crippen molar-refractivity contribution in [2.75, 3.05) is 19.6 Å². The smallest absolute Gasteiger partial charge is 0.179 e. The molecule has 140 valence electrons. The molecule has 1 aliphatic rings. The maximum Gasteiger partial charge on any atom is 0.179 e. The van der Waals surface area contributed by atoms with Gasteiger partial charge in [-0.25, -0.2) is 0 Å². The Bertz CT molecular complexity index is 982. The lowest BCUT2D eigenvalue weighted by atomic mass is 10.0. The van der Waals surface area contributed by atoms with Gasteiger partial charge < -0.3 is 4.57 Å². The molecule has 0 aliphatic carbocycles. The molecule has 0 atom stereocenters. The van der Waals surface area contributed by atoms with E-state index in [1.54, 1.807) is 0 Å². The number of carbonyl (C=O) groups excluding carboxylic acids is 1. The third-order valence-corrected chi connectivity index (χ3v) is 5.79. The van der Waals surface area contributed by atoms with Crippen LogP contribution in [0.2, 0.25) is 5.02 Å². The summed E-state index contributed by atoms with van der Waals surface area (Å²) in [6.07, 6.45) is 3.66. The van der Waals surface area contributed by atoms with Crippen molar-refractivity contribution in [3.63, 3.8) is 0 Å². The molecule has 0 radical (unpaired) electrons. The second-order valence-electron chi connectivity index (χ2n) is 7.55. The Kier molecular flexibility index (Phi) is 5.07. The number of Topliss-reactive ketones (excluding diaryl/α,β-unsaturated/α-hetero) is 1. The molecule has 4 heteroatoms. The molecular weight excluding hydrogens is 356 g/mol. The molecule has 0 unspecified atom stereocenters. The lowest BCUT2D eigenvalue weighted by molar-refractivity contribution is 0.0916. The number of nitrogens with zero attached hydrogens (tertiary/aromatic N) is 2. The van der Waals surface area contributed by atoms with Gasteiger partial charge in [0.2, 0.25) is 0 Å². The number of aryl methyl sites for hydroxylation is 1. The molecule has 27 heavy (non-hydrogen) atoms. The van der Waals surface area contributed by atoms with E-state index in [4.69, 9.17) is 11.6 Å². The summed E-state index contributed by atoms with van der Waals surface area (Å²) in [5.74, 6) is 0.218. The number of carbonyl (C=O) groups is 1. The highest BCUT2D eigenvalue weighted by atomic mass is 35.5. The predicted octanol–water partition coefficient (Wildman–Crippen LogP) is 5.57. The first-order chi connectivity index (χ1) is 13.0. The Hall–Kier alpha value is -2.10. The van der Waals surface area contributed by atoms with Crippen LogP contribution in [-0.4, -0.2) is 34.9 Å².